The predicted molar refractivity (Wildman–Crippen MR) is 131 cm³/mol. The molecule has 2 saturated heterocycles. The lowest BCUT2D eigenvalue weighted by atomic mass is 9.98. The summed E-state index contributed by atoms with van der Waals surface area (Å²) in [6.45, 7) is -1.94. The molecule has 8 atom stereocenters. The van der Waals surface area contributed by atoms with Crippen LogP contribution in [0.15, 0.2) is 57.7 Å². The molecule has 13 heteroatoms. The minimum atomic E-state index is -2.00. The summed E-state index contributed by atoms with van der Waals surface area (Å²) in [5.74, 6) is 0.390. The number of phenols is 1. The SMILES string of the molecule is O=c1cc(-c2ccc(O)cc2)oc2cc(OC3OC(CO)C(O)C(O)C3OC3OCC(O)(CO)C3O)ccc12. The van der Waals surface area contributed by atoms with Crippen molar-refractivity contribution in [1.29, 1.82) is 0 Å². The van der Waals surface area contributed by atoms with Gasteiger partial charge in [-0.1, -0.05) is 0 Å². The molecule has 2 fully saturated rings. The summed E-state index contributed by atoms with van der Waals surface area (Å²) in [5.41, 5.74) is -1.64. The minimum Gasteiger partial charge on any atom is -0.508 e. The van der Waals surface area contributed by atoms with E-state index < -0.39 is 68.5 Å². The van der Waals surface area contributed by atoms with E-state index in [0.717, 1.165) is 0 Å². The highest BCUT2D eigenvalue weighted by atomic mass is 16.8. The zero-order chi connectivity index (χ0) is 27.9. The third-order valence-corrected chi connectivity index (χ3v) is 6.80. The molecule has 210 valence electrons. The van der Waals surface area contributed by atoms with E-state index in [2.05, 4.69) is 0 Å². The van der Waals surface area contributed by atoms with Gasteiger partial charge in [0.2, 0.25) is 6.29 Å². The summed E-state index contributed by atoms with van der Waals surface area (Å²) >= 11 is 0. The number of phenolic OH excluding ortho intramolecular Hbond substituents is 1. The lowest BCUT2D eigenvalue weighted by Crippen LogP contribution is -2.62. The van der Waals surface area contributed by atoms with Crippen LogP contribution in [0.25, 0.3) is 22.3 Å². The van der Waals surface area contributed by atoms with Crippen molar-refractivity contribution in [3.63, 3.8) is 0 Å². The Labute approximate surface area is 220 Å². The molecule has 3 aromatic rings. The summed E-state index contributed by atoms with van der Waals surface area (Å²) in [7, 11) is 0. The number of fused-ring (bicyclic) bond motifs is 1. The van der Waals surface area contributed by atoms with Crippen molar-refractivity contribution in [2.45, 2.75) is 48.7 Å². The third kappa shape index (κ3) is 5.24. The molecule has 5 rings (SSSR count). The largest absolute Gasteiger partial charge is 0.508 e. The zero-order valence-corrected chi connectivity index (χ0v) is 20.4. The molecule has 0 saturated carbocycles. The van der Waals surface area contributed by atoms with Gasteiger partial charge in [0.05, 0.1) is 25.2 Å². The first-order valence-electron chi connectivity index (χ1n) is 12.1. The van der Waals surface area contributed by atoms with Crippen molar-refractivity contribution < 1.29 is 59.1 Å². The van der Waals surface area contributed by atoms with E-state index in [4.69, 9.17) is 23.4 Å². The Morgan fingerprint density at radius 2 is 1.72 bits per heavy atom. The van der Waals surface area contributed by atoms with Gasteiger partial charge in [-0.25, -0.2) is 0 Å². The van der Waals surface area contributed by atoms with Gasteiger partial charge in [-0.2, -0.15) is 0 Å². The van der Waals surface area contributed by atoms with Crippen LogP contribution in [0.2, 0.25) is 0 Å². The second-order valence-electron chi connectivity index (χ2n) is 9.49. The molecule has 2 aliphatic rings. The van der Waals surface area contributed by atoms with Crippen LogP contribution in [0.5, 0.6) is 11.5 Å². The van der Waals surface area contributed by atoms with Gasteiger partial charge in [0.15, 0.2) is 17.8 Å². The first-order chi connectivity index (χ1) is 18.6. The van der Waals surface area contributed by atoms with Crippen LogP contribution in [0.4, 0.5) is 0 Å². The Kier molecular flexibility index (Phi) is 7.61. The molecule has 8 unspecified atom stereocenters. The fourth-order valence-corrected chi connectivity index (χ4v) is 4.47. The quantitative estimate of drug-likeness (QED) is 0.185. The third-order valence-electron chi connectivity index (χ3n) is 6.80. The highest BCUT2D eigenvalue weighted by molar-refractivity contribution is 5.80. The maximum Gasteiger partial charge on any atom is 0.229 e. The van der Waals surface area contributed by atoms with E-state index >= 15 is 0 Å². The van der Waals surface area contributed by atoms with Crippen molar-refractivity contribution in [2.24, 2.45) is 0 Å². The summed E-state index contributed by atoms with van der Waals surface area (Å²) in [4.78, 5) is 12.7. The van der Waals surface area contributed by atoms with Gasteiger partial charge in [0.1, 0.15) is 52.9 Å². The molecular formula is C26H28O13. The number of benzene rings is 2. The highest BCUT2D eigenvalue weighted by Gasteiger charge is 2.53. The van der Waals surface area contributed by atoms with Crippen molar-refractivity contribution in [2.75, 3.05) is 19.8 Å². The second-order valence-corrected chi connectivity index (χ2v) is 9.49. The molecule has 2 aliphatic heterocycles. The smallest absolute Gasteiger partial charge is 0.229 e. The fraction of sp³-hybridized carbons (Fsp3) is 0.423. The number of aliphatic hydroxyl groups excluding tert-OH is 5. The van der Waals surface area contributed by atoms with Crippen molar-refractivity contribution >= 4 is 11.0 Å². The van der Waals surface area contributed by atoms with Gasteiger partial charge in [-0.05, 0) is 36.4 Å². The van der Waals surface area contributed by atoms with E-state index in [9.17, 15) is 40.5 Å². The lowest BCUT2D eigenvalue weighted by molar-refractivity contribution is -0.318. The Bertz CT molecular complexity index is 1360. The number of rotatable bonds is 7. The molecule has 2 aromatic carbocycles. The van der Waals surface area contributed by atoms with Gasteiger partial charge in [0, 0.05) is 17.7 Å². The zero-order valence-electron chi connectivity index (χ0n) is 20.4. The Morgan fingerprint density at radius 1 is 0.974 bits per heavy atom. The van der Waals surface area contributed by atoms with Crippen LogP contribution in [0.1, 0.15) is 0 Å². The van der Waals surface area contributed by atoms with E-state index in [1.54, 1.807) is 12.1 Å². The highest BCUT2D eigenvalue weighted by Crippen LogP contribution is 2.33. The van der Waals surface area contributed by atoms with Gasteiger partial charge in [-0.15, -0.1) is 0 Å². The number of aromatic hydroxyl groups is 1. The maximum atomic E-state index is 12.7. The van der Waals surface area contributed by atoms with Crippen molar-refractivity contribution in [1.82, 2.24) is 0 Å². The summed E-state index contributed by atoms with van der Waals surface area (Å²) in [5, 5.41) is 70.5. The van der Waals surface area contributed by atoms with E-state index in [1.165, 1.54) is 36.4 Å². The number of ether oxygens (including phenoxy) is 4. The topological polar surface area (TPSA) is 209 Å². The molecule has 39 heavy (non-hydrogen) atoms. The van der Waals surface area contributed by atoms with Crippen molar-refractivity contribution in [3.05, 3.63) is 58.8 Å². The first kappa shape index (κ1) is 27.5. The summed E-state index contributed by atoms with van der Waals surface area (Å²) < 4.78 is 28.3. The molecule has 0 radical (unpaired) electrons. The molecule has 0 amide bonds. The molecule has 0 aliphatic carbocycles. The van der Waals surface area contributed by atoms with Crippen LogP contribution < -0.4 is 10.2 Å². The average molecular weight is 548 g/mol. The van der Waals surface area contributed by atoms with Crippen molar-refractivity contribution in [3.8, 4) is 22.8 Å². The number of hydrogen-bond acceptors (Lipinski definition) is 13. The van der Waals surface area contributed by atoms with Crippen LogP contribution in [0.3, 0.4) is 0 Å². The first-order valence-corrected chi connectivity index (χ1v) is 12.1. The Morgan fingerprint density at radius 3 is 2.38 bits per heavy atom. The lowest BCUT2D eigenvalue weighted by Gasteiger charge is -2.42. The summed E-state index contributed by atoms with van der Waals surface area (Å²) in [6, 6.07) is 11.7. The predicted octanol–water partition coefficient (Wildman–Crippen LogP) is -1.19. The fourth-order valence-electron chi connectivity index (χ4n) is 4.47. The van der Waals surface area contributed by atoms with Gasteiger partial charge in [-0.3, -0.25) is 4.79 Å². The molecule has 13 nitrogen and oxygen atoms in total. The van der Waals surface area contributed by atoms with Crippen LogP contribution >= 0.6 is 0 Å². The Hall–Kier alpha value is -3.11. The monoisotopic (exact) mass is 548 g/mol. The molecule has 0 bridgehead atoms. The Balaban J connectivity index is 1.44. The van der Waals surface area contributed by atoms with Gasteiger partial charge in [0.25, 0.3) is 0 Å². The minimum absolute atomic E-state index is 0.0480. The van der Waals surface area contributed by atoms with Gasteiger partial charge < -0.3 is 59.1 Å². The normalized spacial score (nSPS) is 32.9. The van der Waals surface area contributed by atoms with Crippen LogP contribution in [-0.2, 0) is 14.2 Å². The number of hydrogen-bond donors (Lipinski definition) is 7. The molecule has 0 spiro atoms. The molecule has 3 heterocycles. The average Bonchev–Trinajstić information content (AvgIpc) is 3.22. The van der Waals surface area contributed by atoms with E-state index in [1.807, 2.05) is 0 Å². The summed E-state index contributed by atoms with van der Waals surface area (Å²) in [6.07, 6.45) is -10.7. The molecular weight excluding hydrogens is 520 g/mol. The van der Waals surface area contributed by atoms with E-state index in [0.29, 0.717) is 5.56 Å². The number of aliphatic hydroxyl groups is 6. The van der Waals surface area contributed by atoms with Crippen LogP contribution in [-0.4, -0.2) is 104 Å². The van der Waals surface area contributed by atoms with E-state index in [-0.39, 0.29) is 33.7 Å². The van der Waals surface area contributed by atoms with Crippen LogP contribution in [0, 0.1) is 0 Å². The maximum absolute atomic E-state index is 12.7. The van der Waals surface area contributed by atoms with Gasteiger partial charge >= 0.3 is 0 Å². The second kappa shape index (κ2) is 10.8. The standard InChI is InChI=1S/C26H28O13/c27-9-19-20(31)21(32)22(39-25-23(33)26(34,10-28)11-35-25)24(38-19)36-14-5-6-15-16(30)8-17(37-18(15)7-14)12-1-3-13(29)4-2-12/h1-8,19-25,27-29,31-34H,9-11H2. The molecule has 1 aromatic heterocycles. The molecule has 7 N–H and O–H groups in total.